The van der Waals surface area contributed by atoms with E-state index in [1.807, 2.05) is 91.0 Å². The number of Topliss-reactive ketones (excluding diaryl/α,β-unsaturated/α-hetero) is 1. The van der Waals surface area contributed by atoms with Gasteiger partial charge in [0, 0.05) is 14.2 Å². The molecule has 0 unspecified atom stereocenters. The Bertz CT molecular complexity index is 1060. The van der Waals surface area contributed by atoms with Gasteiger partial charge in [-0.25, -0.2) is 0 Å². The molecular formula is C30H34O7. The van der Waals surface area contributed by atoms with E-state index in [0.717, 1.165) is 16.7 Å². The predicted octanol–water partition coefficient (Wildman–Crippen LogP) is 4.33. The molecule has 3 aromatic carbocycles. The number of rotatable bonds is 13. The molecule has 1 heterocycles. The number of methoxy groups -OCH3 is 2. The third kappa shape index (κ3) is 7.55. The predicted molar refractivity (Wildman–Crippen MR) is 138 cm³/mol. The summed E-state index contributed by atoms with van der Waals surface area (Å²) in [5, 5.41) is 0. The second-order valence-corrected chi connectivity index (χ2v) is 8.84. The van der Waals surface area contributed by atoms with Crippen LogP contribution in [0.2, 0.25) is 0 Å². The van der Waals surface area contributed by atoms with Gasteiger partial charge in [-0.2, -0.15) is 0 Å². The highest BCUT2D eigenvalue weighted by Gasteiger charge is 2.51. The molecule has 1 aliphatic rings. The Balaban J connectivity index is 1.62. The minimum absolute atomic E-state index is 0.118. The highest BCUT2D eigenvalue weighted by Crippen LogP contribution is 2.31. The number of ether oxygens (including phenoxy) is 6. The van der Waals surface area contributed by atoms with Crippen molar-refractivity contribution >= 4 is 5.78 Å². The summed E-state index contributed by atoms with van der Waals surface area (Å²) in [5.41, 5.74) is 2.96. The van der Waals surface area contributed by atoms with Crippen molar-refractivity contribution in [1.29, 1.82) is 0 Å². The number of hydrogen-bond acceptors (Lipinski definition) is 7. The first kappa shape index (κ1) is 27.1. The molecule has 0 spiro atoms. The molecule has 1 saturated heterocycles. The Morgan fingerprint density at radius 1 is 0.649 bits per heavy atom. The molecule has 1 aliphatic heterocycles. The van der Waals surface area contributed by atoms with Crippen molar-refractivity contribution in [3.63, 3.8) is 0 Å². The van der Waals surface area contributed by atoms with Gasteiger partial charge in [0.05, 0.1) is 19.8 Å². The van der Waals surface area contributed by atoms with Crippen LogP contribution in [0.25, 0.3) is 0 Å². The smallest absolute Gasteiger partial charge is 0.189 e. The van der Waals surface area contributed by atoms with Crippen LogP contribution in [-0.4, -0.2) is 57.3 Å². The molecule has 196 valence electrons. The number of carbonyl (C=O) groups excluding carboxylic acids is 1. The van der Waals surface area contributed by atoms with Gasteiger partial charge in [-0.05, 0) is 16.7 Å². The zero-order valence-corrected chi connectivity index (χ0v) is 21.2. The molecule has 0 saturated carbocycles. The Kier molecular flexibility index (Phi) is 10.4. The molecule has 4 rings (SSSR count). The van der Waals surface area contributed by atoms with Crippen LogP contribution in [0.3, 0.4) is 0 Å². The van der Waals surface area contributed by atoms with E-state index in [9.17, 15) is 4.79 Å². The Hall–Kier alpha value is -2.91. The average molecular weight is 507 g/mol. The van der Waals surface area contributed by atoms with Crippen molar-refractivity contribution in [1.82, 2.24) is 0 Å². The summed E-state index contributed by atoms with van der Waals surface area (Å²) in [4.78, 5) is 13.1. The highest BCUT2D eigenvalue weighted by atomic mass is 16.7. The topological polar surface area (TPSA) is 72.5 Å². The van der Waals surface area contributed by atoms with Crippen LogP contribution >= 0.6 is 0 Å². The SMILES string of the molecule is COCC(=O)[C@H]1O[C@H](OC)[C@H](OCc2ccccc2)[C@@H](OCc2ccccc2)[C@@H]1OCc1ccccc1. The van der Waals surface area contributed by atoms with Gasteiger partial charge in [0.25, 0.3) is 0 Å². The molecule has 0 N–H and O–H groups in total. The third-order valence-corrected chi connectivity index (χ3v) is 6.19. The van der Waals surface area contributed by atoms with Crippen LogP contribution in [0, 0.1) is 0 Å². The summed E-state index contributed by atoms with van der Waals surface area (Å²) in [6.45, 7) is 0.790. The fourth-order valence-corrected chi connectivity index (χ4v) is 4.33. The Morgan fingerprint density at radius 2 is 1.08 bits per heavy atom. The van der Waals surface area contributed by atoms with Crippen molar-refractivity contribution in [2.75, 3.05) is 20.8 Å². The summed E-state index contributed by atoms with van der Waals surface area (Å²) in [7, 11) is 3.00. The van der Waals surface area contributed by atoms with Crippen LogP contribution < -0.4 is 0 Å². The second kappa shape index (κ2) is 14.1. The summed E-state index contributed by atoms with van der Waals surface area (Å²) in [6, 6.07) is 29.5. The van der Waals surface area contributed by atoms with E-state index in [-0.39, 0.29) is 19.0 Å². The molecule has 0 radical (unpaired) electrons. The van der Waals surface area contributed by atoms with Gasteiger partial charge in [-0.1, -0.05) is 91.0 Å². The zero-order chi connectivity index (χ0) is 25.9. The van der Waals surface area contributed by atoms with E-state index in [1.165, 1.54) is 14.2 Å². The quantitative estimate of drug-likeness (QED) is 0.342. The standard InChI is InChI=1S/C30H34O7/c1-32-21-25(31)26-27(34-18-22-12-6-3-7-13-22)28(35-19-23-14-8-4-9-15-23)29(30(33-2)37-26)36-20-24-16-10-5-11-17-24/h3-17,26-30H,18-21H2,1-2H3/t26-,27-,28+,29-,30+/m1/s1. The number of carbonyl (C=O) groups is 1. The van der Waals surface area contributed by atoms with Crippen molar-refractivity contribution in [2.45, 2.75) is 50.5 Å². The number of benzene rings is 3. The summed E-state index contributed by atoms with van der Waals surface area (Å²) >= 11 is 0. The number of ketones is 1. The lowest BCUT2D eigenvalue weighted by Gasteiger charge is -2.45. The molecule has 1 fully saturated rings. The van der Waals surface area contributed by atoms with Crippen LogP contribution in [0.5, 0.6) is 0 Å². The maximum atomic E-state index is 13.1. The van der Waals surface area contributed by atoms with Crippen LogP contribution in [0.15, 0.2) is 91.0 Å². The molecule has 5 atom stereocenters. The molecule has 3 aromatic rings. The van der Waals surface area contributed by atoms with Crippen molar-refractivity contribution in [3.8, 4) is 0 Å². The molecule has 7 heteroatoms. The van der Waals surface area contributed by atoms with E-state index in [2.05, 4.69) is 0 Å². The van der Waals surface area contributed by atoms with Gasteiger partial charge in [0.15, 0.2) is 18.2 Å². The van der Waals surface area contributed by atoms with Gasteiger partial charge >= 0.3 is 0 Å². The first-order valence-corrected chi connectivity index (χ1v) is 12.4. The second-order valence-electron chi connectivity index (χ2n) is 8.84. The fraction of sp³-hybridized carbons (Fsp3) is 0.367. The van der Waals surface area contributed by atoms with E-state index < -0.39 is 30.7 Å². The maximum absolute atomic E-state index is 13.1. The molecule has 0 bridgehead atoms. The minimum atomic E-state index is -0.953. The average Bonchev–Trinajstić information content (AvgIpc) is 2.95. The van der Waals surface area contributed by atoms with Gasteiger partial charge in [-0.3, -0.25) is 4.79 Å². The van der Waals surface area contributed by atoms with E-state index in [1.54, 1.807) is 0 Å². The monoisotopic (exact) mass is 506 g/mol. The van der Waals surface area contributed by atoms with Crippen LogP contribution in [0.4, 0.5) is 0 Å². The van der Waals surface area contributed by atoms with Crippen molar-refractivity contribution < 1.29 is 33.2 Å². The van der Waals surface area contributed by atoms with Crippen molar-refractivity contribution in [2.24, 2.45) is 0 Å². The van der Waals surface area contributed by atoms with Crippen LogP contribution in [0.1, 0.15) is 16.7 Å². The van der Waals surface area contributed by atoms with Crippen molar-refractivity contribution in [3.05, 3.63) is 108 Å². The molecular weight excluding hydrogens is 472 g/mol. The van der Waals surface area contributed by atoms with Gasteiger partial charge in [0.2, 0.25) is 0 Å². The molecule has 0 aliphatic carbocycles. The van der Waals surface area contributed by atoms with Gasteiger partial charge in [-0.15, -0.1) is 0 Å². The normalized spacial score (nSPS) is 23.6. The summed E-state index contributed by atoms with van der Waals surface area (Å²) in [6.07, 6.45) is -3.85. The zero-order valence-electron chi connectivity index (χ0n) is 21.2. The number of hydrogen-bond donors (Lipinski definition) is 0. The van der Waals surface area contributed by atoms with Crippen LogP contribution in [-0.2, 0) is 53.0 Å². The van der Waals surface area contributed by atoms with E-state index in [4.69, 9.17) is 28.4 Å². The minimum Gasteiger partial charge on any atom is -0.377 e. The largest absolute Gasteiger partial charge is 0.377 e. The summed E-state index contributed by atoms with van der Waals surface area (Å²) in [5.74, 6) is -0.252. The molecule has 7 nitrogen and oxygen atoms in total. The lowest BCUT2D eigenvalue weighted by atomic mass is 9.95. The Labute approximate surface area is 218 Å². The molecule has 0 aromatic heterocycles. The fourth-order valence-electron chi connectivity index (χ4n) is 4.33. The molecule has 0 amide bonds. The first-order chi connectivity index (χ1) is 18.2. The lowest BCUT2D eigenvalue weighted by molar-refractivity contribution is -0.311. The van der Waals surface area contributed by atoms with E-state index in [0.29, 0.717) is 13.2 Å². The molecule has 37 heavy (non-hydrogen) atoms. The Morgan fingerprint density at radius 3 is 1.51 bits per heavy atom. The highest BCUT2D eigenvalue weighted by molar-refractivity contribution is 5.85. The first-order valence-electron chi connectivity index (χ1n) is 12.4. The maximum Gasteiger partial charge on any atom is 0.189 e. The van der Waals surface area contributed by atoms with E-state index >= 15 is 0 Å². The van der Waals surface area contributed by atoms with Gasteiger partial charge in [0.1, 0.15) is 24.9 Å². The third-order valence-electron chi connectivity index (χ3n) is 6.19. The van der Waals surface area contributed by atoms with Gasteiger partial charge < -0.3 is 28.4 Å². The summed E-state index contributed by atoms with van der Waals surface area (Å²) < 4.78 is 36.1. The lowest BCUT2D eigenvalue weighted by Crippen LogP contribution is -2.62.